The van der Waals surface area contributed by atoms with Crippen molar-refractivity contribution in [2.45, 2.75) is 61.9 Å². The van der Waals surface area contributed by atoms with Crippen LogP contribution in [-0.4, -0.2) is 32.1 Å². The number of nitrogen functional groups attached to an aromatic ring is 1. The van der Waals surface area contributed by atoms with Crippen molar-refractivity contribution in [3.8, 4) is 11.6 Å². The lowest BCUT2D eigenvalue weighted by Gasteiger charge is -2.18. The molecule has 1 saturated carbocycles. The van der Waals surface area contributed by atoms with Crippen LogP contribution in [0.2, 0.25) is 0 Å². The van der Waals surface area contributed by atoms with Gasteiger partial charge >= 0.3 is 0 Å². The molecule has 0 bridgehead atoms. The number of rotatable bonds is 5. The van der Waals surface area contributed by atoms with Gasteiger partial charge in [0.15, 0.2) is 5.76 Å². The molecule has 3 rings (SSSR count). The molecule has 130 valence electrons. The highest BCUT2D eigenvalue weighted by molar-refractivity contribution is 8.00. The molecule has 1 unspecified atom stereocenters. The van der Waals surface area contributed by atoms with E-state index in [1.54, 1.807) is 18.4 Å². The third-order valence-corrected chi connectivity index (χ3v) is 5.32. The SMILES string of the molecule is CC(Sc1nnc(-c2ccco2)n1N)C(=O)NC1CCCCCC1. The second-order valence-electron chi connectivity index (χ2n) is 6.11. The highest BCUT2D eigenvalue weighted by atomic mass is 32.2. The van der Waals surface area contributed by atoms with E-state index in [0.29, 0.717) is 16.7 Å². The van der Waals surface area contributed by atoms with Gasteiger partial charge in [-0.1, -0.05) is 37.4 Å². The van der Waals surface area contributed by atoms with Gasteiger partial charge in [-0.15, -0.1) is 10.2 Å². The Kier molecular flexibility index (Phi) is 5.44. The van der Waals surface area contributed by atoms with E-state index in [4.69, 9.17) is 10.3 Å². The number of hydrogen-bond acceptors (Lipinski definition) is 6. The number of nitrogens with zero attached hydrogens (tertiary/aromatic N) is 3. The molecule has 0 aromatic carbocycles. The van der Waals surface area contributed by atoms with Gasteiger partial charge in [-0.05, 0) is 31.9 Å². The van der Waals surface area contributed by atoms with Crippen molar-refractivity contribution in [1.82, 2.24) is 20.2 Å². The number of amides is 1. The summed E-state index contributed by atoms with van der Waals surface area (Å²) in [5, 5.41) is 11.5. The summed E-state index contributed by atoms with van der Waals surface area (Å²) in [6.07, 6.45) is 8.61. The molecule has 0 aliphatic heterocycles. The molecular formula is C16H23N5O2S. The van der Waals surface area contributed by atoms with Crippen LogP contribution in [0.5, 0.6) is 0 Å². The van der Waals surface area contributed by atoms with Gasteiger partial charge in [-0.25, -0.2) is 4.68 Å². The summed E-state index contributed by atoms with van der Waals surface area (Å²) in [6, 6.07) is 3.82. The van der Waals surface area contributed by atoms with Crippen molar-refractivity contribution in [3.05, 3.63) is 18.4 Å². The van der Waals surface area contributed by atoms with Gasteiger partial charge < -0.3 is 15.6 Å². The maximum Gasteiger partial charge on any atom is 0.233 e. The molecule has 1 aliphatic rings. The Balaban J connectivity index is 1.60. The number of hydrogen-bond donors (Lipinski definition) is 2. The highest BCUT2D eigenvalue weighted by Gasteiger charge is 2.23. The lowest BCUT2D eigenvalue weighted by Crippen LogP contribution is -2.39. The predicted octanol–water partition coefficient (Wildman–Crippen LogP) is 2.57. The van der Waals surface area contributed by atoms with Crippen LogP contribution in [-0.2, 0) is 4.79 Å². The maximum absolute atomic E-state index is 12.4. The third-order valence-electron chi connectivity index (χ3n) is 4.26. The first-order valence-corrected chi connectivity index (χ1v) is 9.24. The number of nitrogens with two attached hydrogens (primary N) is 1. The molecule has 24 heavy (non-hydrogen) atoms. The van der Waals surface area contributed by atoms with Crippen molar-refractivity contribution < 1.29 is 9.21 Å². The molecule has 2 aromatic heterocycles. The predicted molar refractivity (Wildman–Crippen MR) is 92.8 cm³/mol. The second kappa shape index (κ2) is 7.74. The molecular weight excluding hydrogens is 326 g/mol. The second-order valence-corrected chi connectivity index (χ2v) is 7.42. The lowest BCUT2D eigenvalue weighted by molar-refractivity contribution is -0.121. The largest absolute Gasteiger partial charge is 0.461 e. The minimum atomic E-state index is -0.288. The molecule has 1 fully saturated rings. The number of carbonyl (C=O) groups is 1. The van der Waals surface area contributed by atoms with Crippen LogP contribution >= 0.6 is 11.8 Å². The summed E-state index contributed by atoms with van der Waals surface area (Å²) in [5.74, 6) is 7.04. The Bertz CT molecular complexity index is 662. The molecule has 8 heteroatoms. The molecule has 7 nitrogen and oxygen atoms in total. The summed E-state index contributed by atoms with van der Waals surface area (Å²) >= 11 is 1.30. The number of aromatic nitrogens is 3. The van der Waals surface area contributed by atoms with Crippen molar-refractivity contribution in [3.63, 3.8) is 0 Å². The number of thioether (sulfide) groups is 1. The average molecular weight is 349 g/mol. The van der Waals surface area contributed by atoms with E-state index in [1.807, 2.05) is 6.92 Å². The Morgan fingerprint density at radius 2 is 2.12 bits per heavy atom. The molecule has 1 atom stereocenters. The van der Waals surface area contributed by atoms with Crippen molar-refractivity contribution in [2.24, 2.45) is 0 Å². The van der Waals surface area contributed by atoms with Gasteiger partial charge in [-0.2, -0.15) is 0 Å². The Labute approximate surface area is 145 Å². The molecule has 1 amide bonds. The first-order chi connectivity index (χ1) is 11.6. The Morgan fingerprint density at radius 1 is 1.38 bits per heavy atom. The Hall–Kier alpha value is -1.96. The topological polar surface area (TPSA) is 99.0 Å². The first kappa shape index (κ1) is 16.9. The van der Waals surface area contributed by atoms with Crippen LogP contribution < -0.4 is 11.2 Å². The van der Waals surface area contributed by atoms with E-state index >= 15 is 0 Å². The summed E-state index contributed by atoms with van der Waals surface area (Å²) in [7, 11) is 0. The van der Waals surface area contributed by atoms with Crippen molar-refractivity contribution >= 4 is 17.7 Å². The molecule has 0 radical (unpaired) electrons. The van der Waals surface area contributed by atoms with E-state index in [9.17, 15) is 4.79 Å². The maximum atomic E-state index is 12.4. The van der Waals surface area contributed by atoms with Gasteiger partial charge in [0.2, 0.25) is 16.9 Å². The zero-order chi connectivity index (χ0) is 16.9. The smallest absolute Gasteiger partial charge is 0.233 e. The summed E-state index contributed by atoms with van der Waals surface area (Å²) in [4.78, 5) is 12.4. The summed E-state index contributed by atoms with van der Waals surface area (Å²) < 4.78 is 6.65. The van der Waals surface area contributed by atoms with E-state index in [2.05, 4.69) is 15.5 Å². The standard InChI is InChI=1S/C16H23N5O2S/c1-11(15(22)18-12-7-4-2-3-5-8-12)24-16-20-19-14(21(16)17)13-9-6-10-23-13/h6,9-12H,2-5,7-8,17H2,1H3,(H,18,22). The highest BCUT2D eigenvalue weighted by Crippen LogP contribution is 2.25. The quantitative estimate of drug-likeness (QED) is 0.489. The van der Waals surface area contributed by atoms with Crippen molar-refractivity contribution in [1.29, 1.82) is 0 Å². The van der Waals surface area contributed by atoms with Crippen LogP contribution in [0.3, 0.4) is 0 Å². The van der Waals surface area contributed by atoms with Crippen LogP contribution in [0, 0.1) is 0 Å². The zero-order valence-corrected chi connectivity index (χ0v) is 14.6. The van der Waals surface area contributed by atoms with Crippen molar-refractivity contribution in [2.75, 3.05) is 5.84 Å². The monoisotopic (exact) mass is 349 g/mol. The van der Waals surface area contributed by atoms with Gasteiger partial charge in [0.05, 0.1) is 11.5 Å². The van der Waals surface area contributed by atoms with Crippen LogP contribution in [0.15, 0.2) is 28.0 Å². The fraction of sp³-hybridized carbons (Fsp3) is 0.562. The number of carbonyl (C=O) groups excluding carboxylic acids is 1. The normalized spacial score (nSPS) is 17.4. The van der Waals surface area contributed by atoms with Gasteiger partial charge in [0, 0.05) is 6.04 Å². The van der Waals surface area contributed by atoms with Gasteiger partial charge in [0.1, 0.15) is 0 Å². The molecule has 0 spiro atoms. The van der Waals surface area contributed by atoms with Gasteiger partial charge in [0.25, 0.3) is 0 Å². The summed E-state index contributed by atoms with van der Waals surface area (Å²) in [6.45, 7) is 1.86. The van der Waals surface area contributed by atoms with Gasteiger partial charge in [-0.3, -0.25) is 4.79 Å². The number of furan rings is 1. The van der Waals surface area contributed by atoms with E-state index in [-0.39, 0.29) is 17.2 Å². The average Bonchev–Trinajstić information content (AvgIpc) is 3.13. The molecule has 1 aliphatic carbocycles. The molecule has 3 N–H and O–H groups in total. The third kappa shape index (κ3) is 3.92. The van der Waals surface area contributed by atoms with E-state index < -0.39 is 0 Å². The van der Waals surface area contributed by atoms with Crippen LogP contribution in [0.1, 0.15) is 45.4 Å². The minimum Gasteiger partial charge on any atom is -0.461 e. The molecule has 0 saturated heterocycles. The van der Waals surface area contributed by atoms with Crippen LogP contribution in [0.25, 0.3) is 11.6 Å². The van der Waals surface area contributed by atoms with E-state index in [0.717, 1.165) is 12.8 Å². The van der Waals surface area contributed by atoms with E-state index in [1.165, 1.54) is 42.1 Å². The Morgan fingerprint density at radius 3 is 2.79 bits per heavy atom. The van der Waals surface area contributed by atoms with Crippen LogP contribution in [0.4, 0.5) is 0 Å². The zero-order valence-electron chi connectivity index (χ0n) is 13.8. The fourth-order valence-electron chi connectivity index (χ4n) is 2.89. The summed E-state index contributed by atoms with van der Waals surface area (Å²) in [5.41, 5.74) is 0. The lowest BCUT2D eigenvalue weighted by atomic mass is 10.1. The number of nitrogens with one attached hydrogen (secondary N) is 1. The molecule has 2 heterocycles. The molecule has 2 aromatic rings. The fourth-order valence-corrected chi connectivity index (χ4v) is 3.66. The minimum absolute atomic E-state index is 0.0226. The first-order valence-electron chi connectivity index (χ1n) is 8.36.